The van der Waals surface area contributed by atoms with Crippen molar-refractivity contribution in [3.63, 3.8) is 0 Å². The molecule has 1 N–H and O–H groups in total. The first-order chi connectivity index (χ1) is 8.72. The highest BCUT2D eigenvalue weighted by atomic mass is 15.3. The molecule has 0 fully saturated rings. The number of nitrogens with zero attached hydrogens (tertiary/aromatic N) is 2. The average molecular weight is 243 g/mol. The Morgan fingerprint density at radius 2 is 2.00 bits per heavy atom. The Bertz CT molecular complexity index is 475. The van der Waals surface area contributed by atoms with Gasteiger partial charge >= 0.3 is 0 Å². The lowest BCUT2D eigenvalue weighted by molar-refractivity contribution is 0.359. The molecule has 18 heavy (non-hydrogen) atoms. The fourth-order valence-corrected chi connectivity index (χ4v) is 2.26. The Balaban J connectivity index is 2.25. The summed E-state index contributed by atoms with van der Waals surface area (Å²) >= 11 is 0. The first kappa shape index (κ1) is 12.8. The van der Waals surface area contributed by atoms with Crippen LogP contribution in [0.4, 0.5) is 0 Å². The minimum Gasteiger partial charge on any atom is -0.308 e. The van der Waals surface area contributed by atoms with Crippen LogP contribution < -0.4 is 5.32 Å². The Morgan fingerprint density at radius 3 is 2.56 bits per heavy atom. The van der Waals surface area contributed by atoms with Gasteiger partial charge in [0.15, 0.2) is 0 Å². The lowest BCUT2D eigenvalue weighted by Crippen LogP contribution is -2.29. The fraction of sp³-hybridized carbons (Fsp3) is 0.400. The zero-order chi connectivity index (χ0) is 13.0. The SMILES string of the molecule is CCNC(c1ccccc1)C(C)n1cc(C)cn1. The molecule has 0 radical (unpaired) electrons. The highest BCUT2D eigenvalue weighted by Gasteiger charge is 2.20. The summed E-state index contributed by atoms with van der Waals surface area (Å²) in [6.45, 7) is 7.36. The number of nitrogens with one attached hydrogen (secondary N) is 1. The second-order valence-electron chi connectivity index (χ2n) is 4.68. The van der Waals surface area contributed by atoms with Gasteiger partial charge in [0.2, 0.25) is 0 Å². The maximum Gasteiger partial charge on any atom is 0.0685 e. The number of hydrogen-bond acceptors (Lipinski definition) is 2. The van der Waals surface area contributed by atoms with Gasteiger partial charge in [0, 0.05) is 6.20 Å². The van der Waals surface area contributed by atoms with Crippen LogP contribution in [0, 0.1) is 6.92 Å². The van der Waals surface area contributed by atoms with E-state index in [9.17, 15) is 0 Å². The highest BCUT2D eigenvalue weighted by Crippen LogP contribution is 2.25. The Morgan fingerprint density at radius 1 is 1.28 bits per heavy atom. The van der Waals surface area contributed by atoms with E-state index >= 15 is 0 Å². The highest BCUT2D eigenvalue weighted by molar-refractivity contribution is 5.20. The molecule has 0 bridgehead atoms. The van der Waals surface area contributed by atoms with Crippen LogP contribution in [0.5, 0.6) is 0 Å². The molecule has 0 amide bonds. The molecule has 0 aliphatic rings. The molecule has 0 aliphatic heterocycles. The van der Waals surface area contributed by atoms with Crippen LogP contribution >= 0.6 is 0 Å². The molecule has 2 rings (SSSR count). The van der Waals surface area contributed by atoms with Crippen LogP contribution in [-0.4, -0.2) is 16.3 Å². The fourth-order valence-electron chi connectivity index (χ4n) is 2.26. The second kappa shape index (κ2) is 5.83. The summed E-state index contributed by atoms with van der Waals surface area (Å²) in [5, 5.41) is 7.97. The van der Waals surface area contributed by atoms with Gasteiger partial charge in [0.05, 0.1) is 18.3 Å². The summed E-state index contributed by atoms with van der Waals surface area (Å²) < 4.78 is 2.04. The smallest absolute Gasteiger partial charge is 0.0685 e. The summed E-state index contributed by atoms with van der Waals surface area (Å²) in [5.41, 5.74) is 2.50. The molecule has 2 unspecified atom stereocenters. The maximum atomic E-state index is 4.42. The van der Waals surface area contributed by atoms with Gasteiger partial charge in [0.1, 0.15) is 0 Å². The van der Waals surface area contributed by atoms with Gasteiger partial charge in [-0.1, -0.05) is 37.3 Å². The van der Waals surface area contributed by atoms with E-state index in [1.807, 2.05) is 10.9 Å². The number of likely N-dealkylation sites (N-methyl/N-ethyl adjacent to an activating group) is 1. The van der Waals surface area contributed by atoms with Gasteiger partial charge in [0.25, 0.3) is 0 Å². The monoisotopic (exact) mass is 243 g/mol. The third-order valence-corrected chi connectivity index (χ3v) is 3.21. The normalized spacial score (nSPS) is 14.4. The average Bonchev–Trinajstić information content (AvgIpc) is 2.83. The molecule has 1 aromatic carbocycles. The number of aromatic nitrogens is 2. The summed E-state index contributed by atoms with van der Waals surface area (Å²) in [6, 6.07) is 11.1. The van der Waals surface area contributed by atoms with E-state index in [1.54, 1.807) is 0 Å². The predicted octanol–water partition coefficient (Wildman–Crippen LogP) is 3.10. The number of aryl methyl sites for hydroxylation is 1. The molecular weight excluding hydrogens is 222 g/mol. The molecule has 1 aromatic heterocycles. The van der Waals surface area contributed by atoms with E-state index in [0.717, 1.165) is 6.54 Å². The lowest BCUT2D eigenvalue weighted by atomic mass is 10.0. The van der Waals surface area contributed by atoms with Crippen LogP contribution in [0.15, 0.2) is 42.7 Å². The molecule has 3 nitrogen and oxygen atoms in total. The van der Waals surface area contributed by atoms with Crippen molar-refractivity contribution in [2.75, 3.05) is 6.54 Å². The van der Waals surface area contributed by atoms with Crippen molar-refractivity contribution in [3.8, 4) is 0 Å². The standard InChI is InChI=1S/C15H21N3/c1-4-16-15(14-8-6-5-7-9-14)13(3)18-11-12(2)10-17-18/h5-11,13,15-16H,4H2,1-3H3. The number of rotatable bonds is 5. The van der Waals surface area contributed by atoms with Crippen LogP contribution in [-0.2, 0) is 0 Å². The van der Waals surface area contributed by atoms with Crippen molar-refractivity contribution in [2.45, 2.75) is 32.9 Å². The predicted molar refractivity (Wildman–Crippen MR) is 74.5 cm³/mol. The molecule has 3 heteroatoms. The van der Waals surface area contributed by atoms with Crippen LogP contribution in [0.25, 0.3) is 0 Å². The molecule has 0 aliphatic carbocycles. The van der Waals surface area contributed by atoms with Crippen molar-refractivity contribution >= 4 is 0 Å². The van der Waals surface area contributed by atoms with Gasteiger partial charge < -0.3 is 5.32 Å². The maximum absolute atomic E-state index is 4.42. The van der Waals surface area contributed by atoms with E-state index in [4.69, 9.17) is 0 Å². The first-order valence-corrected chi connectivity index (χ1v) is 6.51. The van der Waals surface area contributed by atoms with E-state index in [-0.39, 0.29) is 6.04 Å². The van der Waals surface area contributed by atoms with Gasteiger partial charge in [-0.2, -0.15) is 5.10 Å². The van der Waals surface area contributed by atoms with Crippen LogP contribution in [0.3, 0.4) is 0 Å². The van der Waals surface area contributed by atoms with Crippen molar-refractivity contribution in [3.05, 3.63) is 53.9 Å². The third-order valence-electron chi connectivity index (χ3n) is 3.21. The molecule has 0 saturated carbocycles. The molecule has 1 heterocycles. The first-order valence-electron chi connectivity index (χ1n) is 6.51. The molecular formula is C15H21N3. The zero-order valence-corrected chi connectivity index (χ0v) is 11.3. The van der Waals surface area contributed by atoms with E-state index in [1.165, 1.54) is 11.1 Å². The van der Waals surface area contributed by atoms with Gasteiger partial charge in [-0.25, -0.2) is 0 Å². The molecule has 2 aromatic rings. The van der Waals surface area contributed by atoms with E-state index in [0.29, 0.717) is 6.04 Å². The third kappa shape index (κ3) is 2.79. The molecule has 2 atom stereocenters. The quantitative estimate of drug-likeness (QED) is 0.874. The number of hydrogen-bond donors (Lipinski definition) is 1. The van der Waals surface area contributed by atoms with Gasteiger partial charge in [-0.15, -0.1) is 0 Å². The van der Waals surface area contributed by atoms with Crippen molar-refractivity contribution in [1.82, 2.24) is 15.1 Å². The Labute approximate surface area is 109 Å². The summed E-state index contributed by atoms with van der Waals surface area (Å²) in [4.78, 5) is 0. The van der Waals surface area contributed by atoms with E-state index < -0.39 is 0 Å². The molecule has 0 spiro atoms. The van der Waals surface area contributed by atoms with E-state index in [2.05, 4.69) is 67.7 Å². The summed E-state index contributed by atoms with van der Waals surface area (Å²) in [5.74, 6) is 0. The van der Waals surface area contributed by atoms with Gasteiger partial charge in [-0.05, 0) is 31.5 Å². The second-order valence-corrected chi connectivity index (χ2v) is 4.68. The summed E-state index contributed by atoms with van der Waals surface area (Å²) in [7, 11) is 0. The zero-order valence-electron chi connectivity index (χ0n) is 11.3. The molecule has 96 valence electrons. The van der Waals surface area contributed by atoms with Crippen molar-refractivity contribution < 1.29 is 0 Å². The lowest BCUT2D eigenvalue weighted by Gasteiger charge is -2.25. The Kier molecular flexibility index (Phi) is 4.15. The van der Waals surface area contributed by atoms with Crippen molar-refractivity contribution in [1.29, 1.82) is 0 Å². The minimum absolute atomic E-state index is 0.288. The van der Waals surface area contributed by atoms with Crippen LogP contribution in [0.2, 0.25) is 0 Å². The van der Waals surface area contributed by atoms with Gasteiger partial charge in [-0.3, -0.25) is 4.68 Å². The minimum atomic E-state index is 0.288. The summed E-state index contributed by atoms with van der Waals surface area (Å²) in [6.07, 6.45) is 4.00. The largest absolute Gasteiger partial charge is 0.308 e. The molecule has 0 saturated heterocycles. The van der Waals surface area contributed by atoms with Crippen LogP contribution in [0.1, 0.15) is 37.1 Å². The Hall–Kier alpha value is -1.61. The van der Waals surface area contributed by atoms with Crippen molar-refractivity contribution in [2.24, 2.45) is 0 Å². The number of benzene rings is 1. The topological polar surface area (TPSA) is 29.9 Å².